The molecule has 1 aromatic carbocycles. The minimum Gasteiger partial charge on any atom is -0.497 e. The number of sulfonamides is 1. The van der Waals surface area contributed by atoms with Crippen LogP contribution in [0.25, 0.3) is 10.8 Å². The number of nitrogens with one attached hydrogen (secondary N) is 3. The summed E-state index contributed by atoms with van der Waals surface area (Å²) in [5.74, 6) is -3.11. The van der Waals surface area contributed by atoms with Gasteiger partial charge in [-0.15, -0.1) is 0 Å². The van der Waals surface area contributed by atoms with Crippen LogP contribution in [0, 0.1) is 23.6 Å². The Morgan fingerprint density at radius 1 is 1.19 bits per heavy atom. The zero-order valence-electron chi connectivity index (χ0n) is 29.7. The summed E-state index contributed by atoms with van der Waals surface area (Å²) in [6.07, 6.45) is 5.78. The topological polar surface area (TPSA) is 193 Å². The fourth-order valence-electron chi connectivity index (χ4n) is 7.49. The summed E-state index contributed by atoms with van der Waals surface area (Å²) >= 11 is 0. The molecule has 2 saturated carbocycles. The first-order valence-corrected chi connectivity index (χ1v) is 19.2. The summed E-state index contributed by atoms with van der Waals surface area (Å²) in [4.78, 5) is 60.1. The molecule has 0 bridgehead atoms. The Labute approximate surface area is 301 Å². The van der Waals surface area contributed by atoms with E-state index in [-0.39, 0.29) is 36.6 Å². The Morgan fingerprint density at radius 2 is 1.94 bits per heavy atom. The van der Waals surface area contributed by atoms with E-state index in [2.05, 4.69) is 20.3 Å². The van der Waals surface area contributed by atoms with Crippen LogP contribution in [0.2, 0.25) is 0 Å². The van der Waals surface area contributed by atoms with Crippen molar-refractivity contribution in [3.63, 3.8) is 0 Å². The van der Waals surface area contributed by atoms with E-state index >= 15 is 0 Å². The van der Waals surface area contributed by atoms with Gasteiger partial charge in [0.1, 0.15) is 35.3 Å². The number of ether oxygens (including phenoxy) is 2. The lowest BCUT2D eigenvalue weighted by molar-refractivity contribution is -0.142. The number of pyridine rings is 1. The fourth-order valence-corrected chi connectivity index (χ4v) is 8.80. The van der Waals surface area contributed by atoms with Gasteiger partial charge in [0, 0.05) is 23.1 Å². The third-order valence-corrected chi connectivity index (χ3v) is 13.3. The first-order chi connectivity index (χ1) is 24.6. The van der Waals surface area contributed by atoms with Crippen LogP contribution in [-0.2, 0) is 24.4 Å². The number of benzene rings is 1. The summed E-state index contributed by atoms with van der Waals surface area (Å²) < 4.78 is 53.7. The van der Waals surface area contributed by atoms with E-state index < -0.39 is 80.0 Å². The molecular weight excluding hydrogens is 697 g/mol. The van der Waals surface area contributed by atoms with E-state index in [4.69, 9.17) is 9.47 Å². The zero-order valence-corrected chi connectivity index (χ0v) is 30.5. The van der Waals surface area contributed by atoms with Gasteiger partial charge >= 0.3 is 6.09 Å². The van der Waals surface area contributed by atoms with Crippen LogP contribution in [-0.4, -0.2) is 89.4 Å². The van der Waals surface area contributed by atoms with Gasteiger partial charge in [0.15, 0.2) is 0 Å². The number of aromatic nitrogens is 1. The van der Waals surface area contributed by atoms with Gasteiger partial charge in [-0.2, -0.15) is 0 Å². The second-order valence-corrected chi connectivity index (χ2v) is 17.1. The maximum absolute atomic E-state index is 14.8. The molecule has 1 aromatic heterocycles. The fraction of sp³-hybridized carbons (Fsp3) is 0.583. The second kappa shape index (κ2) is 14.2. The van der Waals surface area contributed by atoms with E-state index in [0.717, 1.165) is 12.6 Å². The lowest BCUT2D eigenvalue weighted by atomic mass is 9.85. The normalized spacial score (nSPS) is 30.8. The zero-order chi connectivity index (χ0) is 37.6. The Balaban J connectivity index is 1.35. The van der Waals surface area contributed by atoms with Crippen LogP contribution >= 0.6 is 0 Å². The summed E-state index contributed by atoms with van der Waals surface area (Å²) in [7, 11) is -2.57. The third-order valence-electron chi connectivity index (χ3n) is 11.2. The van der Waals surface area contributed by atoms with Gasteiger partial charge in [0.25, 0.3) is 5.91 Å². The number of carboxylic acid groups (broad SMARTS) is 1. The Hall–Kier alpha value is -4.47. The highest BCUT2D eigenvalue weighted by atomic mass is 32.2. The van der Waals surface area contributed by atoms with Gasteiger partial charge in [0.2, 0.25) is 27.7 Å². The predicted molar refractivity (Wildman–Crippen MR) is 187 cm³/mol. The molecule has 52 heavy (non-hydrogen) atoms. The minimum atomic E-state index is -4.03. The number of carbonyl (C=O) groups excluding carboxylic acids is 3. The highest BCUT2D eigenvalue weighted by Crippen LogP contribution is 2.47. The molecule has 4 N–H and O–H groups in total. The number of halogens is 1. The van der Waals surface area contributed by atoms with Crippen LogP contribution in [0.1, 0.15) is 72.1 Å². The van der Waals surface area contributed by atoms with Crippen LogP contribution in [0.3, 0.4) is 0 Å². The summed E-state index contributed by atoms with van der Waals surface area (Å²) in [6.45, 7) is 5.32. The standard InChI is InChI=1S/C36H46FN5O9S/c1-5-21-14-20(2)8-6-7-9-22-17-36(22,33(45)41-52(48,49)35(3)12-13-35)40-30(43)28-16-24(19-42(28)32(44)29(21)39-34(46)47)51-31-25-11-10-23(50-4)15-26(25)27(37)18-38-31/h7,9-11,15,18,20-22,24,28-29,39H,5-6,8,12-14,16-17,19H2,1-4H3,(H,40,43)(H,41,45)(H,46,47)/b9-7-/t20-,21-,22-,24-,28+,29+,36?/m1/s1. The number of nitrogens with zero attached hydrogens (tertiary/aromatic N) is 2. The molecular formula is C36H46FN5O9S. The van der Waals surface area contributed by atoms with Crippen molar-refractivity contribution in [1.29, 1.82) is 0 Å². The second-order valence-electron chi connectivity index (χ2n) is 14.9. The minimum absolute atomic E-state index is 0.0575. The highest BCUT2D eigenvalue weighted by molar-refractivity contribution is 7.91. The van der Waals surface area contributed by atoms with Gasteiger partial charge in [0.05, 0.1) is 24.6 Å². The lowest BCUT2D eigenvalue weighted by Gasteiger charge is -2.33. The number of hydrogen-bond donors (Lipinski definition) is 4. The molecule has 0 spiro atoms. The molecule has 14 nitrogen and oxygen atoms in total. The van der Waals surface area contributed by atoms with Gasteiger partial charge in [-0.25, -0.2) is 22.6 Å². The first kappa shape index (κ1) is 37.3. The van der Waals surface area contributed by atoms with Crippen molar-refractivity contribution < 1.29 is 46.6 Å². The average molecular weight is 744 g/mol. The molecule has 7 atom stereocenters. The van der Waals surface area contributed by atoms with E-state index in [0.29, 0.717) is 43.2 Å². The van der Waals surface area contributed by atoms with E-state index in [9.17, 15) is 37.1 Å². The Kier molecular flexibility index (Phi) is 10.2. The van der Waals surface area contributed by atoms with Crippen LogP contribution < -0.4 is 24.8 Å². The lowest BCUT2D eigenvalue weighted by Crippen LogP contribution is -2.59. The summed E-state index contributed by atoms with van der Waals surface area (Å²) in [5.41, 5.74) is -1.58. The maximum atomic E-state index is 14.8. The molecule has 1 unspecified atom stereocenters. The van der Waals surface area contributed by atoms with Gasteiger partial charge in [-0.3, -0.25) is 19.1 Å². The van der Waals surface area contributed by atoms with Gasteiger partial charge in [-0.05, 0) is 75.5 Å². The van der Waals surface area contributed by atoms with Gasteiger partial charge in [-0.1, -0.05) is 32.4 Å². The SMILES string of the molecule is CC[C@@H]1C[C@H](C)CC/C=C\[C@@H]2CC2(C(=O)NS(=O)(=O)C2(C)CC2)NC(=O)[C@@H]2C[C@@H](Oc3ncc(F)c4cc(OC)ccc34)CN2C(=O)[C@H]1NC(=O)O. The first-order valence-electron chi connectivity index (χ1n) is 17.8. The number of allylic oxidation sites excluding steroid dienone is 1. The van der Waals surface area contributed by atoms with Crippen molar-refractivity contribution in [3.05, 3.63) is 42.4 Å². The monoisotopic (exact) mass is 743 g/mol. The summed E-state index contributed by atoms with van der Waals surface area (Å²) in [5, 5.41) is 15.6. The van der Waals surface area contributed by atoms with Gasteiger partial charge < -0.3 is 30.1 Å². The molecule has 16 heteroatoms. The molecule has 1 saturated heterocycles. The number of amides is 4. The predicted octanol–water partition coefficient (Wildman–Crippen LogP) is 3.64. The number of fused-ring (bicyclic) bond motifs is 3. The molecule has 4 amide bonds. The molecule has 6 rings (SSSR count). The van der Waals surface area contributed by atoms with Crippen molar-refractivity contribution in [2.45, 2.75) is 101 Å². The van der Waals surface area contributed by atoms with E-state index in [1.165, 1.54) is 18.1 Å². The highest BCUT2D eigenvalue weighted by Gasteiger charge is 2.63. The maximum Gasteiger partial charge on any atom is 0.405 e. The van der Waals surface area contributed by atoms with Crippen LogP contribution in [0.5, 0.6) is 11.6 Å². The Bertz CT molecular complexity index is 1900. The summed E-state index contributed by atoms with van der Waals surface area (Å²) in [6, 6.07) is 2.29. The van der Waals surface area contributed by atoms with Crippen molar-refractivity contribution in [2.24, 2.45) is 17.8 Å². The molecule has 4 aliphatic rings. The van der Waals surface area contributed by atoms with Crippen LogP contribution in [0.4, 0.5) is 9.18 Å². The molecule has 2 aliphatic carbocycles. The molecule has 282 valence electrons. The quantitative estimate of drug-likeness (QED) is 0.290. The molecule has 2 aromatic rings. The largest absolute Gasteiger partial charge is 0.497 e. The molecule has 3 fully saturated rings. The van der Waals surface area contributed by atoms with Crippen LogP contribution in [0.15, 0.2) is 36.5 Å². The number of carbonyl (C=O) groups is 4. The molecule has 0 radical (unpaired) electrons. The van der Waals surface area contributed by atoms with E-state index in [1.54, 1.807) is 19.1 Å². The molecule has 2 aliphatic heterocycles. The number of hydrogen-bond acceptors (Lipinski definition) is 9. The van der Waals surface area contributed by atoms with Crippen molar-refractivity contribution in [2.75, 3.05) is 13.7 Å². The number of methoxy groups -OCH3 is 1. The van der Waals surface area contributed by atoms with Crippen molar-refractivity contribution in [3.8, 4) is 11.6 Å². The van der Waals surface area contributed by atoms with Crippen molar-refractivity contribution >= 4 is 44.6 Å². The molecule has 3 heterocycles. The Morgan fingerprint density at radius 3 is 2.62 bits per heavy atom. The number of rotatable bonds is 8. The average Bonchev–Trinajstić information content (AvgIpc) is 3.98. The van der Waals surface area contributed by atoms with Crippen molar-refractivity contribution in [1.82, 2.24) is 25.2 Å². The smallest absolute Gasteiger partial charge is 0.405 e. The third kappa shape index (κ3) is 7.26. The van der Waals surface area contributed by atoms with E-state index in [1.807, 2.05) is 26.0 Å².